The van der Waals surface area contributed by atoms with Crippen LogP contribution in [0.3, 0.4) is 0 Å². The van der Waals surface area contributed by atoms with Crippen molar-refractivity contribution >= 4 is 17.3 Å². The monoisotopic (exact) mass is 463 g/mol. The fourth-order valence-corrected chi connectivity index (χ4v) is 6.90. The molecular formula is C26H29N3O3S. The molecular weight excluding hydrogens is 434 g/mol. The lowest BCUT2D eigenvalue weighted by Gasteiger charge is -2.44. The van der Waals surface area contributed by atoms with Crippen LogP contribution in [0.15, 0.2) is 34.9 Å². The van der Waals surface area contributed by atoms with Gasteiger partial charge in [0, 0.05) is 29.6 Å². The van der Waals surface area contributed by atoms with E-state index in [1.807, 2.05) is 0 Å². The Morgan fingerprint density at radius 2 is 1.85 bits per heavy atom. The Morgan fingerprint density at radius 1 is 1.06 bits per heavy atom. The van der Waals surface area contributed by atoms with Crippen LogP contribution >= 0.6 is 11.3 Å². The summed E-state index contributed by atoms with van der Waals surface area (Å²) in [4.78, 5) is 20.6. The number of aromatic nitrogens is 2. The lowest BCUT2D eigenvalue weighted by atomic mass is 9.84. The van der Waals surface area contributed by atoms with Crippen LogP contribution in [0.5, 0.6) is 0 Å². The van der Waals surface area contributed by atoms with Crippen molar-refractivity contribution in [2.24, 2.45) is 5.92 Å². The number of thiophene rings is 1. The zero-order valence-electron chi connectivity index (χ0n) is 18.7. The first-order chi connectivity index (χ1) is 16.2. The molecule has 6 rings (SSSR count). The molecule has 1 atom stereocenters. The van der Waals surface area contributed by atoms with E-state index in [1.54, 1.807) is 11.3 Å². The molecule has 1 N–H and O–H groups in total. The molecule has 33 heavy (non-hydrogen) atoms. The number of carbonyl (C=O) groups is 1. The summed E-state index contributed by atoms with van der Waals surface area (Å²) in [6, 6.07) is 11.2. The molecule has 0 amide bonds. The molecule has 7 heteroatoms. The van der Waals surface area contributed by atoms with Crippen LogP contribution in [-0.4, -0.2) is 39.2 Å². The Morgan fingerprint density at radius 3 is 2.61 bits per heavy atom. The zero-order chi connectivity index (χ0) is 22.4. The largest absolute Gasteiger partial charge is 0.481 e. The molecule has 3 aliphatic rings. The second-order valence-corrected chi connectivity index (χ2v) is 10.9. The average molecular weight is 464 g/mol. The summed E-state index contributed by atoms with van der Waals surface area (Å²) in [6.45, 7) is 1.29. The Balaban J connectivity index is 1.19. The van der Waals surface area contributed by atoms with E-state index >= 15 is 0 Å². The van der Waals surface area contributed by atoms with Gasteiger partial charge in [-0.15, -0.1) is 11.3 Å². The standard InChI is InChI=1S/C26H29N3O3S/c30-26(31)19-14-29(15-19)21-7-4-8-22-20(21)13-23(33-22)25-27-24(28-32-25)18-11-9-17(10-12-18)16-5-2-1-3-6-16/h9-13,16,19,21H,1-8,14-15H2,(H,30,31). The van der Waals surface area contributed by atoms with Crippen LogP contribution in [0.25, 0.3) is 22.2 Å². The van der Waals surface area contributed by atoms with Gasteiger partial charge in [0.05, 0.1) is 10.8 Å². The zero-order valence-corrected chi connectivity index (χ0v) is 19.5. The number of hydrogen-bond donors (Lipinski definition) is 1. The maximum Gasteiger partial charge on any atom is 0.309 e. The highest BCUT2D eigenvalue weighted by Crippen LogP contribution is 2.44. The van der Waals surface area contributed by atoms with Crippen LogP contribution in [0.1, 0.15) is 72.9 Å². The van der Waals surface area contributed by atoms with Gasteiger partial charge in [-0.3, -0.25) is 9.69 Å². The normalized spacial score (nSPS) is 22.1. The molecule has 1 aliphatic heterocycles. The van der Waals surface area contributed by atoms with Crippen LogP contribution < -0.4 is 0 Å². The van der Waals surface area contributed by atoms with Gasteiger partial charge < -0.3 is 9.63 Å². The summed E-state index contributed by atoms with van der Waals surface area (Å²) in [5, 5.41) is 13.5. The van der Waals surface area contributed by atoms with Crippen LogP contribution in [0.4, 0.5) is 0 Å². The van der Waals surface area contributed by atoms with Crippen molar-refractivity contribution in [1.82, 2.24) is 15.0 Å². The number of carboxylic acids is 1. The molecule has 1 unspecified atom stereocenters. The van der Waals surface area contributed by atoms with Gasteiger partial charge in [-0.2, -0.15) is 4.98 Å². The highest BCUT2D eigenvalue weighted by molar-refractivity contribution is 7.15. The van der Waals surface area contributed by atoms with E-state index in [0.29, 0.717) is 36.8 Å². The molecule has 0 spiro atoms. The molecule has 6 nitrogen and oxygen atoms in total. The molecule has 3 heterocycles. The van der Waals surface area contributed by atoms with Crippen LogP contribution in [0.2, 0.25) is 0 Å². The smallest absolute Gasteiger partial charge is 0.309 e. The number of carboxylic acid groups (broad SMARTS) is 1. The quantitative estimate of drug-likeness (QED) is 0.507. The summed E-state index contributed by atoms with van der Waals surface area (Å²) in [7, 11) is 0. The second kappa shape index (κ2) is 8.69. The SMILES string of the molecule is O=C(O)C1CN(C2CCCc3sc(-c4nc(-c5ccc(C6CCCCC6)cc5)no4)cc32)C1. The molecule has 1 aromatic carbocycles. The first-order valence-electron chi connectivity index (χ1n) is 12.2. The molecule has 2 aromatic heterocycles. The van der Waals surface area contributed by atoms with Crippen molar-refractivity contribution in [3.8, 4) is 22.2 Å². The second-order valence-electron chi connectivity index (χ2n) is 9.77. The molecule has 3 aromatic rings. The third-order valence-corrected chi connectivity index (χ3v) is 8.86. The van der Waals surface area contributed by atoms with Gasteiger partial charge in [0.25, 0.3) is 5.89 Å². The topological polar surface area (TPSA) is 79.5 Å². The predicted octanol–water partition coefficient (Wildman–Crippen LogP) is 5.91. The van der Waals surface area contributed by atoms with E-state index < -0.39 is 5.97 Å². The van der Waals surface area contributed by atoms with Gasteiger partial charge in [0.2, 0.25) is 5.82 Å². The fraction of sp³-hybridized carbons (Fsp3) is 0.500. The van der Waals surface area contributed by atoms with Crippen molar-refractivity contribution < 1.29 is 14.4 Å². The van der Waals surface area contributed by atoms with Crippen molar-refractivity contribution in [1.29, 1.82) is 0 Å². The van der Waals surface area contributed by atoms with E-state index in [-0.39, 0.29) is 5.92 Å². The van der Waals surface area contributed by atoms with Gasteiger partial charge in [-0.25, -0.2) is 0 Å². The lowest BCUT2D eigenvalue weighted by Crippen LogP contribution is -2.52. The number of rotatable bonds is 5. The molecule has 2 aliphatic carbocycles. The number of benzene rings is 1. The first kappa shape index (κ1) is 21.1. The highest BCUT2D eigenvalue weighted by atomic mass is 32.1. The number of likely N-dealkylation sites (tertiary alicyclic amines) is 1. The van der Waals surface area contributed by atoms with Gasteiger partial charge in [-0.1, -0.05) is 48.7 Å². The summed E-state index contributed by atoms with van der Waals surface area (Å²) in [6.07, 6.45) is 9.92. The average Bonchev–Trinajstić information content (AvgIpc) is 3.46. The number of aryl methyl sites for hydroxylation is 1. The van der Waals surface area contributed by atoms with E-state index in [2.05, 4.69) is 40.4 Å². The van der Waals surface area contributed by atoms with Crippen molar-refractivity contribution in [3.63, 3.8) is 0 Å². The molecule has 172 valence electrons. The molecule has 1 saturated carbocycles. The maximum absolute atomic E-state index is 11.2. The minimum Gasteiger partial charge on any atom is -0.481 e. The summed E-state index contributed by atoms with van der Waals surface area (Å²) < 4.78 is 5.67. The molecule has 0 radical (unpaired) electrons. The summed E-state index contributed by atoms with van der Waals surface area (Å²) in [5.74, 6) is 0.993. The van der Waals surface area contributed by atoms with E-state index in [9.17, 15) is 9.90 Å². The van der Waals surface area contributed by atoms with E-state index in [4.69, 9.17) is 9.51 Å². The third kappa shape index (κ3) is 4.02. The van der Waals surface area contributed by atoms with E-state index in [0.717, 1.165) is 29.7 Å². The number of aliphatic carboxylic acids is 1. The fourth-order valence-electron chi connectivity index (χ4n) is 5.72. The molecule has 2 fully saturated rings. The summed E-state index contributed by atoms with van der Waals surface area (Å²) >= 11 is 1.74. The van der Waals surface area contributed by atoms with Crippen molar-refractivity contribution in [2.45, 2.75) is 63.3 Å². The van der Waals surface area contributed by atoms with Crippen LogP contribution in [-0.2, 0) is 11.2 Å². The molecule has 1 saturated heterocycles. The molecule has 0 bridgehead atoms. The minimum absolute atomic E-state index is 0.225. The van der Waals surface area contributed by atoms with Gasteiger partial charge >= 0.3 is 5.97 Å². The first-order valence-corrected chi connectivity index (χ1v) is 13.0. The Kier molecular flexibility index (Phi) is 5.54. The summed E-state index contributed by atoms with van der Waals surface area (Å²) in [5.41, 5.74) is 3.74. The maximum atomic E-state index is 11.2. The van der Waals surface area contributed by atoms with E-state index in [1.165, 1.54) is 48.1 Å². The Labute approximate surface area is 197 Å². The van der Waals surface area contributed by atoms with Crippen molar-refractivity contribution in [2.75, 3.05) is 13.1 Å². The Bertz CT molecular complexity index is 1140. The number of hydrogen-bond acceptors (Lipinski definition) is 6. The highest BCUT2D eigenvalue weighted by Gasteiger charge is 2.39. The number of fused-ring (bicyclic) bond motifs is 1. The lowest BCUT2D eigenvalue weighted by molar-refractivity contribution is -0.149. The van der Waals surface area contributed by atoms with Crippen molar-refractivity contribution in [3.05, 3.63) is 46.3 Å². The van der Waals surface area contributed by atoms with Gasteiger partial charge in [-0.05, 0) is 55.2 Å². The predicted molar refractivity (Wildman–Crippen MR) is 127 cm³/mol. The third-order valence-electron chi connectivity index (χ3n) is 7.66. The minimum atomic E-state index is -0.682. The Hall–Kier alpha value is -2.51. The van der Waals surface area contributed by atoms with Crippen LogP contribution in [0, 0.1) is 5.92 Å². The van der Waals surface area contributed by atoms with Gasteiger partial charge in [0.15, 0.2) is 0 Å². The number of nitrogens with zero attached hydrogens (tertiary/aromatic N) is 3. The van der Waals surface area contributed by atoms with Gasteiger partial charge in [0.1, 0.15) is 0 Å².